The first-order valence-electron chi connectivity index (χ1n) is 12.1. The van der Waals surface area contributed by atoms with Gasteiger partial charge in [-0.05, 0) is 71.8 Å². The molecule has 3 N–H and O–H groups in total. The van der Waals surface area contributed by atoms with Crippen molar-refractivity contribution in [2.75, 3.05) is 24.4 Å². The van der Waals surface area contributed by atoms with Gasteiger partial charge >= 0.3 is 12.1 Å². The summed E-state index contributed by atoms with van der Waals surface area (Å²) in [5, 5.41) is 14.8. The molecule has 210 valence electrons. The lowest BCUT2D eigenvalue weighted by Gasteiger charge is -2.13. The standard InChI is InChI=1S/C30H23F3N2O6/c1-40-26-14-11-23(34-28(38)21-3-2-4-22(15-21)29(39)41-17-30(31,32)33)16-25(26)35-27(37)20-7-5-18(6-8-20)19-9-12-24(36)13-10-19/h2-16,36H,17H2,1H3,(H,34,38)(H,35,37). The minimum absolute atomic E-state index is 0.00146. The summed E-state index contributed by atoms with van der Waals surface area (Å²) < 4.78 is 46.6. The molecule has 0 unspecified atom stereocenters. The molecule has 0 heterocycles. The van der Waals surface area contributed by atoms with E-state index in [-0.39, 0.29) is 28.3 Å². The van der Waals surface area contributed by atoms with Crippen LogP contribution in [0, 0.1) is 0 Å². The van der Waals surface area contributed by atoms with E-state index in [0.29, 0.717) is 11.3 Å². The number of methoxy groups -OCH3 is 1. The Morgan fingerprint density at radius 1 is 0.756 bits per heavy atom. The smallest absolute Gasteiger partial charge is 0.422 e. The molecule has 0 saturated carbocycles. The van der Waals surface area contributed by atoms with Crippen molar-refractivity contribution in [1.82, 2.24) is 0 Å². The van der Waals surface area contributed by atoms with Crippen molar-refractivity contribution in [2.24, 2.45) is 0 Å². The molecule has 0 aliphatic rings. The van der Waals surface area contributed by atoms with Crippen LogP contribution >= 0.6 is 0 Å². The molecule has 0 aliphatic carbocycles. The first-order chi connectivity index (χ1) is 19.5. The van der Waals surface area contributed by atoms with Gasteiger partial charge in [-0.25, -0.2) is 4.79 Å². The molecule has 0 aromatic heterocycles. The third kappa shape index (κ3) is 7.63. The first-order valence-corrected chi connectivity index (χ1v) is 12.1. The lowest BCUT2D eigenvalue weighted by Crippen LogP contribution is -2.20. The second kappa shape index (κ2) is 12.2. The van der Waals surface area contributed by atoms with E-state index < -0.39 is 30.6 Å². The molecule has 0 aliphatic heterocycles. The van der Waals surface area contributed by atoms with Crippen LogP contribution in [-0.2, 0) is 4.74 Å². The average Bonchev–Trinajstić information content (AvgIpc) is 2.96. The van der Waals surface area contributed by atoms with Crippen LogP contribution in [0.25, 0.3) is 11.1 Å². The van der Waals surface area contributed by atoms with E-state index in [0.717, 1.165) is 17.2 Å². The molecule has 0 saturated heterocycles. The third-order valence-corrected chi connectivity index (χ3v) is 5.78. The van der Waals surface area contributed by atoms with E-state index in [2.05, 4.69) is 15.4 Å². The number of hydrogen-bond acceptors (Lipinski definition) is 6. The second-order valence-corrected chi connectivity index (χ2v) is 8.72. The number of phenolic OH excluding ortho intramolecular Hbond substituents is 1. The predicted octanol–water partition coefficient (Wildman–Crippen LogP) is 6.29. The SMILES string of the molecule is COc1ccc(NC(=O)c2cccc(C(=O)OCC(F)(F)F)c2)cc1NC(=O)c1ccc(-c2ccc(O)cc2)cc1. The predicted molar refractivity (Wildman–Crippen MR) is 145 cm³/mol. The van der Waals surface area contributed by atoms with Gasteiger partial charge < -0.3 is 25.2 Å². The van der Waals surface area contributed by atoms with Crippen molar-refractivity contribution in [1.29, 1.82) is 0 Å². The number of benzene rings is 4. The van der Waals surface area contributed by atoms with Crippen LogP contribution in [0.15, 0.2) is 91.0 Å². The zero-order valence-corrected chi connectivity index (χ0v) is 21.5. The Hall–Kier alpha value is -5.32. The molecule has 0 fully saturated rings. The minimum Gasteiger partial charge on any atom is -0.508 e. The zero-order valence-electron chi connectivity index (χ0n) is 21.5. The average molecular weight is 565 g/mol. The number of halogens is 3. The fraction of sp³-hybridized carbons (Fsp3) is 0.100. The van der Waals surface area contributed by atoms with Gasteiger partial charge in [-0.2, -0.15) is 13.2 Å². The number of carbonyl (C=O) groups is 3. The van der Waals surface area contributed by atoms with Crippen molar-refractivity contribution in [2.45, 2.75) is 6.18 Å². The summed E-state index contributed by atoms with van der Waals surface area (Å²) in [5.74, 6) is -1.83. The maximum absolute atomic E-state index is 12.9. The Kier molecular flexibility index (Phi) is 8.57. The number of anilines is 2. The molecule has 4 aromatic rings. The summed E-state index contributed by atoms with van der Waals surface area (Å²) in [6, 6.07) is 23.1. The highest BCUT2D eigenvalue weighted by atomic mass is 19.4. The molecule has 8 nitrogen and oxygen atoms in total. The number of carbonyl (C=O) groups excluding carboxylic acids is 3. The van der Waals surface area contributed by atoms with E-state index in [1.807, 2.05) is 0 Å². The maximum Gasteiger partial charge on any atom is 0.422 e. The van der Waals surface area contributed by atoms with E-state index in [9.17, 15) is 32.7 Å². The number of esters is 1. The van der Waals surface area contributed by atoms with Gasteiger partial charge in [0.2, 0.25) is 0 Å². The number of rotatable bonds is 8. The van der Waals surface area contributed by atoms with Gasteiger partial charge in [0.05, 0.1) is 18.4 Å². The molecule has 4 aromatic carbocycles. The third-order valence-electron chi connectivity index (χ3n) is 5.78. The molecule has 0 bridgehead atoms. The van der Waals surface area contributed by atoms with Crippen LogP contribution in [-0.4, -0.2) is 42.8 Å². The summed E-state index contributed by atoms with van der Waals surface area (Å²) in [6.07, 6.45) is -4.68. The van der Waals surface area contributed by atoms with Crippen LogP contribution in [0.2, 0.25) is 0 Å². The van der Waals surface area contributed by atoms with Crippen molar-refractivity contribution >= 4 is 29.2 Å². The number of amides is 2. The van der Waals surface area contributed by atoms with Gasteiger partial charge in [-0.3, -0.25) is 9.59 Å². The largest absolute Gasteiger partial charge is 0.508 e. The van der Waals surface area contributed by atoms with Crippen molar-refractivity contribution < 1.29 is 42.1 Å². The summed E-state index contributed by atoms with van der Waals surface area (Å²) in [4.78, 5) is 37.7. The lowest BCUT2D eigenvalue weighted by atomic mass is 10.0. The Bertz CT molecular complexity index is 1570. The van der Waals surface area contributed by atoms with E-state index in [1.165, 1.54) is 43.5 Å². The zero-order chi connectivity index (χ0) is 29.6. The highest BCUT2D eigenvalue weighted by Gasteiger charge is 2.30. The molecule has 0 radical (unpaired) electrons. The number of hydrogen-bond donors (Lipinski definition) is 3. The van der Waals surface area contributed by atoms with Crippen LogP contribution < -0.4 is 15.4 Å². The highest BCUT2D eigenvalue weighted by Crippen LogP contribution is 2.29. The van der Waals surface area contributed by atoms with Gasteiger partial charge in [0.25, 0.3) is 11.8 Å². The second-order valence-electron chi connectivity index (χ2n) is 8.72. The number of phenols is 1. The quantitative estimate of drug-likeness (QED) is 0.217. The molecule has 11 heteroatoms. The topological polar surface area (TPSA) is 114 Å². The Morgan fingerprint density at radius 2 is 1.37 bits per heavy atom. The van der Waals surface area contributed by atoms with Gasteiger partial charge in [0.1, 0.15) is 11.5 Å². The Balaban J connectivity index is 1.46. The molecule has 41 heavy (non-hydrogen) atoms. The maximum atomic E-state index is 12.9. The summed E-state index contributed by atoms with van der Waals surface area (Å²) >= 11 is 0. The fourth-order valence-electron chi connectivity index (χ4n) is 3.77. The van der Waals surface area contributed by atoms with Gasteiger partial charge in [-0.15, -0.1) is 0 Å². The van der Waals surface area contributed by atoms with Gasteiger partial charge in [0, 0.05) is 16.8 Å². The van der Waals surface area contributed by atoms with E-state index in [4.69, 9.17) is 4.74 Å². The number of nitrogens with one attached hydrogen (secondary N) is 2. The van der Waals surface area contributed by atoms with Crippen LogP contribution in [0.5, 0.6) is 11.5 Å². The lowest BCUT2D eigenvalue weighted by molar-refractivity contribution is -0.161. The van der Waals surface area contributed by atoms with Crippen molar-refractivity contribution in [3.05, 3.63) is 108 Å². The van der Waals surface area contributed by atoms with Gasteiger partial charge in [0.15, 0.2) is 6.61 Å². The highest BCUT2D eigenvalue weighted by molar-refractivity contribution is 6.08. The van der Waals surface area contributed by atoms with Crippen molar-refractivity contribution in [3.8, 4) is 22.6 Å². The molecular formula is C30H23F3N2O6. The van der Waals surface area contributed by atoms with Crippen LogP contribution in [0.4, 0.5) is 24.5 Å². The number of ether oxygens (including phenoxy) is 2. The van der Waals surface area contributed by atoms with E-state index >= 15 is 0 Å². The van der Waals surface area contributed by atoms with E-state index in [1.54, 1.807) is 48.5 Å². The molecule has 0 spiro atoms. The molecule has 2 amide bonds. The van der Waals surface area contributed by atoms with Crippen molar-refractivity contribution in [3.63, 3.8) is 0 Å². The first kappa shape index (κ1) is 28.7. The Morgan fingerprint density at radius 3 is 2.00 bits per heavy atom. The fourth-order valence-corrected chi connectivity index (χ4v) is 3.77. The van der Waals surface area contributed by atoms with Crippen LogP contribution in [0.3, 0.4) is 0 Å². The number of aromatic hydroxyl groups is 1. The summed E-state index contributed by atoms with van der Waals surface area (Å²) in [5.41, 5.74) is 2.40. The number of alkyl halides is 3. The van der Waals surface area contributed by atoms with Gasteiger partial charge in [-0.1, -0.05) is 30.3 Å². The molecule has 4 rings (SSSR count). The Labute approximate surface area is 232 Å². The summed E-state index contributed by atoms with van der Waals surface area (Å²) in [7, 11) is 1.42. The minimum atomic E-state index is -4.68. The normalized spacial score (nSPS) is 10.9. The molecule has 0 atom stereocenters. The summed E-state index contributed by atoms with van der Waals surface area (Å²) in [6.45, 7) is -1.74. The monoisotopic (exact) mass is 564 g/mol. The molecular weight excluding hydrogens is 541 g/mol. The van der Waals surface area contributed by atoms with Crippen LogP contribution in [0.1, 0.15) is 31.1 Å².